The van der Waals surface area contributed by atoms with E-state index in [0.717, 1.165) is 39.6 Å². The van der Waals surface area contributed by atoms with Crippen molar-refractivity contribution >= 4 is 38.0 Å². The molecule has 1 aliphatic rings. The number of pyridine rings is 3. The monoisotopic (exact) mass is 537 g/mol. The van der Waals surface area contributed by atoms with Gasteiger partial charge in [-0.25, -0.2) is 4.98 Å². The van der Waals surface area contributed by atoms with Gasteiger partial charge in [0.05, 0.1) is 17.1 Å². The van der Waals surface area contributed by atoms with Crippen molar-refractivity contribution in [3.63, 3.8) is 0 Å². The van der Waals surface area contributed by atoms with Gasteiger partial charge in [0.2, 0.25) is 0 Å². The molecule has 1 unspecified atom stereocenters. The predicted molar refractivity (Wildman–Crippen MR) is 173 cm³/mol. The number of nitrogens with zero attached hydrogens (tertiary/aromatic N) is 4. The summed E-state index contributed by atoms with van der Waals surface area (Å²) in [5, 5.41) is 12.4. The molecule has 42 heavy (non-hydrogen) atoms. The van der Waals surface area contributed by atoms with Gasteiger partial charge >= 0.3 is 0 Å². The summed E-state index contributed by atoms with van der Waals surface area (Å²) in [5.74, 6) is 0. The van der Waals surface area contributed by atoms with Crippen LogP contribution in [0, 0.1) is 0 Å². The van der Waals surface area contributed by atoms with Gasteiger partial charge in [-0.1, -0.05) is 91.0 Å². The molecule has 4 heteroatoms. The molecule has 4 heterocycles. The van der Waals surface area contributed by atoms with Gasteiger partial charge in [0, 0.05) is 23.7 Å². The zero-order valence-corrected chi connectivity index (χ0v) is 22.7. The van der Waals surface area contributed by atoms with Crippen molar-refractivity contribution in [2.45, 2.75) is 6.04 Å². The number of allylic oxidation sites excluding steroid dienone is 2. The minimum Gasteiger partial charge on any atom is -0.673 e. The van der Waals surface area contributed by atoms with Crippen molar-refractivity contribution in [2.75, 3.05) is 0 Å². The van der Waals surface area contributed by atoms with E-state index in [1.807, 2.05) is 48.7 Å². The van der Waals surface area contributed by atoms with Crippen molar-refractivity contribution in [3.05, 3.63) is 162 Å². The lowest BCUT2D eigenvalue weighted by molar-refractivity contribution is 0.961. The van der Waals surface area contributed by atoms with E-state index >= 15 is 0 Å². The van der Waals surface area contributed by atoms with Gasteiger partial charge in [-0.15, -0.1) is 5.70 Å². The average Bonchev–Trinajstić information content (AvgIpc) is 3.09. The summed E-state index contributed by atoms with van der Waals surface area (Å²) in [6.07, 6.45) is 9.89. The Hall–Kier alpha value is -5.61. The highest BCUT2D eigenvalue weighted by Gasteiger charge is 2.13. The molecule has 4 aromatic carbocycles. The summed E-state index contributed by atoms with van der Waals surface area (Å²) in [7, 11) is 0. The Kier molecular flexibility index (Phi) is 5.82. The highest BCUT2D eigenvalue weighted by molar-refractivity contribution is 6.26. The molecule has 8 rings (SSSR count). The van der Waals surface area contributed by atoms with Crippen LogP contribution in [0.2, 0.25) is 0 Å². The lowest BCUT2D eigenvalue weighted by Crippen LogP contribution is -2.00. The van der Waals surface area contributed by atoms with E-state index < -0.39 is 0 Å². The molecule has 0 spiro atoms. The normalized spacial score (nSPS) is 14.7. The minimum atomic E-state index is -0.0848. The fourth-order valence-electron chi connectivity index (χ4n) is 5.90. The Morgan fingerprint density at radius 1 is 0.500 bits per heavy atom. The smallest absolute Gasteiger partial charge is 0.0893 e. The zero-order chi connectivity index (χ0) is 27.9. The largest absolute Gasteiger partial charge is 0.673 e. The van der Waals surface area contributed by atoms with Crippen molar-refractivity contribution in [1.82, 2.24) is 15.0 Å². The van der Waals surface area contributed by atoms with E-state index in [1.54, 1.807) is 6.20 Å². The summed E-state index contributed by atoms with van der Waals surface area (Å²) < 4.78 is 0. The molecular formula is C38H25N4-. The number of hydrogen-bond acceptors (Lipinski definition) is 3. The maximum Gasteiger partial charge on any atom is 0.0893 e. The first kappa shape index (κ1) is 24.2. The topological polar surface area (TPSA) is 52.8 Å². The molecule has 0 aliphatic carbocycles. The Labute approximate surface area is 243 Å². The fraction of sp³-hybridized carbons (Fsp3) is 0.0263. The lowest BCUT2D eigenvalue weighted by Gasteiger charge is -2.35. The first-order valence-electron chi connectivity index (χ1n) is 14.1. The quantitative estimate of drug-likeness (QED) is 0.210. The van der Waals surface area contributed by atoms with Gasteiger partial charge in [0.15, 0.2) is 0 Å². The number of hydrogen-bond donors (Lipinski definition) is 0. The first-order chi connectivity index (χ1) is 20.8. The van der Waals surface area contributed by atoms with Gasteiger partial charge < -0.3 is 5.32 Å². The van der Waals surface area contributed by atoms with Crippen LogP contribution in [0.5, 0.6) is 0 Å². The van der Waals surface area contributed by atoms with E-state index in [4.69, 9.17) is 10.3 Å². The van der Waals surface area contributed by atoms with E-state index in [1.165, 1.54) is 32.3 Å². The molecule has 0 saturated heterocycles. The van der Waals surface area contributed by atoms with E-state index in [9.17, 15) is 0 Å². The molecule has 0 fully saturated rings. The maximum absolute atomic E-state index is 5.05. The van der Waals surface area contributed by atoms with Gasteiger partial charge in [0.1, 0.15) is 0 Å². The van der Waals surface area contributed by atoms with Crippen molar-refractivity contribution in [3.8, 4) is 22.6 Å². The van der Waals surface area contributed by atoms with Crippen LogP contribution < -0.4 is 0 Å². The van der Waals surface area contributed by atoms with E-state index in [-0.39, 0.29) is 6.04 Å². The molecule has 7 aromatic rings. The van der Waals surface area contributed by atoms with Crippen molar-refractivity contribution in [2.24, 2.45) is 0 Å². The van der Waals surface area contributed by atoms with Crippen molar-refractivity contribution in [1.29, 1.82) is 0 Å². The van der Waals surface area contributed by atoms with Crippen LogP contribution >= 0.6 is 0 Å². The number of fused-ring (bicyclic) bond motifs is 6. The molecule has 0 N–H and O–H groups in total. The number of benzene rings is 4. The number of rotatable bonds is 4. The maximum atomic E-state index is 5.05. The molecule has 198 valence electrons. The highest BCUT2D eigenvalue weighted by atomic mass is 15.0. The van der Waals surface area contributed by atoms with Gasteiger partial charge in [-0.3, -0.25) is 9.97 Å². The van der Waals surface area contributed by atoms with Crippen LogP contribution in [0.25, 0.3) is 66.0 Å². The third-order valence-corrected chi connectivity index (χ3v) is 7.92. The summed E-state index contributed by atoms with van der Waals surface area (Å²) in [6.45, 7) is 0. The molecule has 1 aliphatic heterocycles. The van der Waals surface area contributed by atoms with Crippen molar-refractivity contribution < 1.29 is 0 Å². The third kappa shape index (κ3) is 4.21. The summed E-state index contributed by atoms with van der Waals surface area (Å²) >= 11 is 0. The predicted octanol–water partition coefficient (Wildman–Crippen LogP) is 9.69. The summed E-state index contributed by atoms with van der Waals surface area (Å²) in [5.41, 5.74) is 6.77. The highest BCUT2D eigenvalue weighted by Crippen LogP contribution is 2.40. The van der Waals surface area contributed by atoms with Crippen LogP contribution in [0.3, 0.4) is 0 Å². The third-order valence-electron chi connectivity index (χ3n) is 7.92. The molecule has 0 bridgehead atoms. The van der Waals surface area contributed by atoms with E-state index in [2.05, 4.69) is 101 Å². The Balaban J connectivity index is 1.24. The molecule has 0 saturated carbocycles. The molecule has 1 atom stereocenters. The summed E-state index contributed by atoms with van der Waals surface area (Å²) in [4.78, 5) is 14.0. The van der Waals surface area contributed by atoms with Gasteiger partial charge in [-0.05, 0) is 86.4 Å². The van der Waals surface area contributed by atoms with Crippen LogP contribution in [-0.4, -0.2) is 15.0 Å². The molecule has 3 aromatic heterocycles. The van der Waals surface area contributed by atoms with Gasteiger partial charge in [0.25, 0.3) is 0 Å². The molecule has 0 radical (unpaired) electrons. The summed E-state index contributed by atoms with van der Waals surface area (Å²) in [6, 6.07) is 40.0. The SMILES string of the molecule is C1=CC(c2ccccn2)[N-]C(c2ccc3c4ccc(-c5cccc(-c6ccccn6)n5)cc4c4ccccc4c3c2)=C1. The molecule has 0 amide bonds. The Bertz CT molecular complexity index is 2150. The van der Waals surface area contributed by atoms with Crippen LogP contribution in [0.4, 0.5) is 0 Å². The van der Waals surface area contributed by atoms with Gasteiger partial charge in [-0.2, -0.15) is 0 Å². The van der Waals surface area contributed by atoms with Crippen LogP contribution in [-0.2, 0) is 0 Å². The second kappa shape index (κ2) is 10.1. The molecule has 4 nitrogen and oxygen atoms in total. The van der Waals surface area contributed by atoms with Crippen LogP contribution in [0.15, 0.2) is 146 Å². The lowest BCUT2D eigenvalue weighted by atomic mass is 9.91. The Morgan fingerprint density at radius 2 is 1.14 bits per heavy atom. The molecular weight excluding hydrogens is 512 g/mol. The fourth-order valence-corrected chi connectivity index (χ4v) is 5.90. The second-order valence-electron chi connectivity index (χ2n) is 10.5. The van der Waals surface area contributed by atoms with E-state index in [0.29, 0.717) is 0 Å². The van der Waals surface area contributed by atoms with Crippen LogP contribution in [0.1, 0.15) is 17.3 Å². The second-order valence-corrected chi connectivity index (χ2v) is 10.5. The number of aromatic nitrogens is 3. The Morgan fingerprint density at radius 3 is 1.88 bits per heavy atom. The zero-order valence-electron chi connectivity index (χ0n) is 22.7. The average molecular weight is 538 g/mol. The standard InChI is InChI=1S/C38H25N4/c1-2-10-28-27(9-1)31-23-25(33-13-7-15-37(41-33)35-11-3-5-21-39-35)17-19-29(31)30-20-18-26(24-32(28)30)34-14-8-16-38(42-34)36-12-4-6-22-40-36/h1-24,37H/q-1. The first-order valence-corrected chi connectivity index (χ1v) is 14.1. The minimum absolute atomic E-state index is 0.0848.